The Labute approximate surface area is 120 Å². The third-order valence-corrected chi connectivity index (χ3v) is 3.46. The number of aromatic nitrogens is 3. The molecule has 0 radical (unpaired) electrons. The Bertz CT molecular complexity index is 463. The van der Waals surface area contributed by atoms with Gasteiger partial charge in [-0.15, -0.1) is 12.6 Å². The van der Waals surface area contributed by atoms with Crippen molar-refractivity contribution in [2.45, 2.75) is 33.4 Å². The second-order valence-electron chi connectivity index (χ2n) is 4.30. The average molecular weight is 279 g/mol. The molecule has 0 amide bonds. The number of hydrogen-bond acceptors (Lipinski definition) is 4. The molecule has 19 heavy (non-hydrogen) atoms. The van der Waals surface area contributed by atoms with E-state index in [1.807, 2.05) is 45.1 Å². The molecule has 0 aliphatic carbocycles. The summed E-state index contributed by atoms with van der Waals surface area (Å²) in [5.41, 5.74) is 1.01. The van der Waals surface area contributed by atoms with Gasteiger partial charge in [-0.25, -0.2) is 4.98 Å². The summed E-state index contributed by atoms with van der Waals surface area (Å²) in [7, 11) is 0. The summed E-state index contributed by atoms with van der Waals surface area (Å²) >= 11 is 4.46. The van der Waals surface area contributed by atoms with Gasteiger partial charge in [0.1, 0.15) is 12.7 Å². The van der Waals surface area contributed by atoms with Crippen molar-refractivity contribution >= 4 is 12.6 Å². The van der Waals surface area contributed by atoms with E-state index >= 15 is 0 Å². The number of allylic oxidation sites excluding steroid dienone is 5. The predicted molar refractivity (Wildman–Crippen MR) is 80.8 cm³/mol. The fourth-order valence-corrected chi connectivity index (χ4v) is 2.00. The molecule has 2 unspecified atom stereocenters. The van der Waals surface area contributed by atoms with Crippen molar-refractivity contribution in [3.05, 3.63) is 47.4 Å². The van der Waals surface area contributed by atoms with Crippen molar-refractivity contribution in [3.8, 4) is 0 Å². The molecule has 0 saturated carbocycles. The molecule has 0 saturated heterocycles. The summed E-state index contributed by atoms with van der Waals surface area (Å²) in [5.74, 6) is -0.0379. The highest BCUT2D eigenvalue weighted by Gasteiger charge is 2.20. The van der Waals surface area contributed by atoms with Crippen molar-refractivity contribution in [2.75, 3.05) is 0 Å². The van der Waals surface area contributed by atoms with Gasteiger partial charge in [0.2, 0.25) is 0 Å². The zero-order valence-electron chi connectivity index (χ0n) is 11.6. The van der Waals surface area contributed by atoms with E-state index in [1.54, 1.807) is 11.0 Å². The molecule has 0 aliphatic heterocycles. The lowest BCUT2D eigenvalue weighted by Gasteiger charge is -2.22. The molecular weight excluding hydrogens is 258 g/mol. The van der Waals surface area contributed by atoms with Crippen LogP contribution < -0.4 is 0 Å². The number of thiol groups is 1. The van der Waals surface area contributed by atoms with E-state index in [1.165, 1.54) is 6.33 Å². The molecule has 0 aliphatic rings. The maximum absolute atomic E-state index is 10.3. The molecule has 1 heterocycles. The normalized spacial score (nSPS) is 16.9. The molecule has 1 aromatic rings. The van der Waals surface area contributed by atoms with Gasteiger partial charge in [0.25, 0.3) is 0 Å². The Morgan fingerprint density at radius 1 is 1.47 bits per heavy atom. The Balaban J connectivity index is 2.84. The number of hydrogen-bond donors (Lipinski definition) is 2. The summed E-state index contributed by atoms with van der Waals surface area (Å²) in [6.07, 6.45) is 10.3. The van der Waals surface area contributed by atoms with Crippen LogP contribution in [0.5, 0.6) is 0 Å². The molecule has 0 aromatic carbocycles. The highest BCUT2D eigenvalue weighted by atomic mass is 32.1. The van der Waals surface area contributed by atoms with Gasteiger partial charge in [0, 0.05) is 10.8 Å². The van der Waals surface area contributed by atoms with E-state index in [2.05, 4.69) is 22.7 Å². The molecule has 2 atom stereocenters. The highest BCUT2D eigenvalue weighted by molar-refractivity contribution is 7.84. The molecule has 4 nitrogen and oxygen atoms in total. The first-order valence-electron chi connectivity index (χ1n) is 6.29. The smallest absolute Gasteiger partial charge is 0.137 e. The number of aliphatic hydroxyl groups excluding tert-OH is 1. The fraction of sp³-hybridized carbons (Fsp3) is 0.429. The van der Waals surface area contributed by atoms with Crippen LogP contribution in [-0.4, -0.2) is 26.0 Å². The number of aliphatic hydroxyl groups is 1. The summed E-state index contributed by atoms with van der Waals surface area (Å²) in [6.45, 7) is 6.29. The first-order valence-corrected chi connectivity index (χ1v) is 6.73. The van der Waals surface area contributed by atoms with Crippen molar-refractivity contribution in [1.29, 1.82) is 0 Å². The van der Waals surface area contributed by atoms with Crippen LogP contribution in [0.3, 0.4) is 0 Å². The lowest BCUT2D eigenvalue weighted by atomic mass is 9.93. The van der Waals surface area contributed by atoms with Crippen molar-refractivity contribution in [3.63, 3.8) is 0 Å². The first-order chi connectivity index (χ1) is 9.10. The minimum absolute atomic E-state index is 0.0379. The monoisotopic (exact) mass is 279 g/mol. The Morgan fingerprint density at radius 2 is 2.21 bits per heavy atom. The van der Waals surface area contributed by atoms with Gasteiger partial charge >= 0.3 is 0 Å². The molecule has 0 bridgehead atoms. The van der Waals surface area contributed by atoms with Crippen molar-refractivity contribution in [1.82, 2.24) is 14.8 Å². The van der Waals surface area contributed by atoms with Crippen LogP contribution in [0.25, 0.3) is 0 Å². The van der Waals surface area contributed by atoms with E-state index in [0.717, 1.165) is 10.5 Å². The Kier molecular flexibility index (Phi) is 6.59. The zero-order valence-corrected chi connectivity index (χ0v) is 12.5. The third kappa shape index (κ3) is 4.69. The van der Waals surface area contributed by atoms with Gasteiger partial charge in [-0.2, -0.15) is 5.10 Å². The van der Waals surface area contributed by atoms with Crippen LogP contribution in [0.1, 0.15) is 20.8 Å². The minimum atomic E-state index is -0.541. The highest BCUT2D eigenvalue weighted by Crippen LogP contribution is 2.26. The van der Waals surface area contributed by atoms with Crippen LogP contribution in [0.4, 0.5) is 0 Å². The van der Waals surface area contributed by atoms with Crippen LogP contribution in [0, 0.1) is 5.92 Å². The maximum Gasteiger partial charge on any atom is 0.137 e. The molecule has 0 spiro atoms. The van der Waals surface area contributed by atoms with Gasteiger partial charge in [-0.3, -0.25) is 4.68 Å². The molecular formula is C14H21N3OS. The van der Waals surface area contributed by atoms with Crippen molar-refractivity contribution < 1.29 is 5.11 Å². The average Bonchev–Trinajstić information content (AvgIpc) is 2.91. The van der Waals surface area contributed by atoms with Gasteiger partial charge in [0.15, 0.2) is 0 Å². The quantitative estimate of drug-likeness (QED) is 0.621. The maximum atomic E-state index is 10.3. The van der Waals surface area contributed by atoms with Gasteiger partial charge < -0.3 is 5.11 Å². The summed E-state index contributed by atoms with van der Waals surface area (Å²) in [5, 5.41) is 14.3. The van der Waals surface area contributed by atoms with E-state index in [-0.39, 0.29) is 5.92 Å². The molecule has 104 valence electrons. The molecule has 1 N–H and O–H groups in total. The zero-order chi connectivity index (χ0) is 14.3. The fourth-order valence-electron chi connectivity index (χ4n) is 1.72. The van der Waals surface area contributed by atoms with Crippen LogP contribution in [-0.2, 0) is 6.54 Å². The van der Waals surface area contributed by atoms with Crippen LogP contribution >= 0.6 is 12.6 Å². The largest absolute Gasteiger partial charge is 0.391 e. The number of nitrogens with zero attached hydrogens (tertiary/aromatic N) is 3. The minimum Gasteiger partial charge on any atom is -0.391 e. The Morgan fingerprint density at radius 3 is 2.74 bits per heavy atom. The van der Waals surface area contributed by atoms with Gasteiger partial charge in [-0.1, -0.05) is 31.2 Å². The standard InChI is InChI=1S/C14H21N3OS/c1-4-6-7-12(14(19)5-2)11(3)13(18)8-17-10-15-9-16-17/h4-7,9-11,13,18-19H,8H2,1-3H3/b6-4-,12-7-,14-5+. The van der Waals surface area contributed by atoms with Gasteiger partial charge in [-0.05, 0) is 19.4 Å². The number of rotatable bonds is 6. The van der Waals surface area contributed by atoms with E-state index in [4.69, 9.17) is 0 Å². The second kappa shape index (κ2) is 7.96. The van der Waals surface area contributed by atoms with Crippen LogP contribution in [0.2, 0.25) is 0 Å². The molecule has 5 heteroatoms. The second-order valence-corrected chi connectivity index (χ2v) is 4.78. The molecule has 1 rings (SSSR count). The van der Waals surface area contributed by atoms with Crippen molar-refractivity contribution in [2.24, 2.45) is 5.92 Å². The van der Waals surface area contributed by atoms with E-state index in [9.17, 15) is 5.11 Å². The SMILES string of the molecule is C\C=C/C=C(\C(S)=C/C)C(C)C(O)Cn1cncn1. The molecule has 0 fully saturated rings. The molecule has 1 aromatic heterocycles. The Hall–Kier alpha value is -1.33. The van der Waals surface area contributed by atoms with E-state index in [0.29, 0.717) is 6.54 Å². The summed E-state index contributed by atoms with van der Waals surface area (Å²) in [6, 6.07) is 0. The topological polar surface area (TPSA) is 50.9 Å². The van der Waals surface area contributed by atoms with Crippen LogP contribution in [0.15, 0.2) is 47.4 Å². The van der Waals surface area contributed by atoms with E-state index < -0.39 is 6.10 Å². The lowest BCUT2D eigenvalue weighted by molar-refractivity contribution is 0.111. The summed E-state index contributed by atoms with van der Waals surface area (Å²) in [4.78, 5) is 4.75. The van der Waals surface area contributed by atoms with Gasteiger partial charge in [0.05, 0.1) is 12.6 Å². The lowest BCUT2D eigenvalue weighted by Crippen LogP contribution is -2.25. The third-order valence-electron chi connectivity index (χ3n) is 2.95. The first kappa shape index (κ1) is 15.7. The summed E-state index contributed by atoms with van der Waals surface area (Å²) < 4.78 is 1.63. The predicted octanol–water partition coefficient (Wildman–Crippen LogP) is 2.61.